The number of carbonyl (C=O) groups excluding carboxylic acids is 1. The smallest absolute Gasteiger partial charge is 0.385 e. The molecule has 1 aliphatic carbocycles. The lowest BCUT2D eigenvalue weighted by atomic mass is 9.86. The average Bonchev–Trinajstić information content (AvgIpc) is 1.62. The van der Waals surface area contributed by atoms with Crippen LogP contribution in [0, 0.1) is 20.8 Å². The van der Waals surface area contributed by atoms with Crippen LogP contribution in [0.3, 0.4) is 0 Å². The molecular weight excluding hydrogens is 1920 g/mol. The third kappa shape index (κ3) is 23.4. The summed E-state index contributed by atoms with van der Waals surface area (Å²) in [6.07, 6.45) is 7.47. The summed E-state index contributed by atoms with van der Waals surface area (Å²) in [5.74, 6) is 0.261. The number of sulfone groups is 1. The van der Waals surface area contributed by atoms with E-state index in [1.54, 1.807) is 45.2 Å². The fourth-order valence-electron chi connectivity index (χ4n) is 12.8. The molecule has 52 heteroatoms. The molecule has 8 N–H and O–H groups in total. The maximum absolute atomic E-state index is 11.9. The number of thiazole rings is 4. The molecule has 0 amide bonds. The Labute approximate surface area is 790 Å². The highest BCUT2D eigenvalue weighted by Crippen LogP contribution is 2.41. The Balaban J connectivity index is 0.000000131. The summed E-state index contributed by atoms with van der Waals surface area (Å²) in [4.78, 5) is 99.2. The van der Waals surface area contributed by atoms with Gasteiger partial charge in [0, 0.05) is 33.8 Å². The lowest BCUT2D eigenvalue weighted by molar-refractivity contribution is 0.0515. The van der Waals surface area contributed by atoms with Crippen molar-refractivity contribution < 1.29 is 58.2 Å². The van der Waals surface area contributed by atoms with Gasteiger partial charge in [-0.2, -0.15) is 8.75 Å². The van der Waals surface area contributed by atoms with Crippen molar-refractivity contribution in [1.82, 2.24) is 59.6 Å². The van der Waals surface area contributed by atoms with Crippen LogP contribution in [0.2, 0.25) is 0 Å². The lowest BCUT2D eigenvalue weighted by Crippen LogP contribution is -2.12. The van der Waals surface area contributed by atoms with Crippen LogP contribution in [-0.2, 0) is 41.8 Å². The number of H-pyrrole nitrogens is 6. The number of ether oxygens (including phenoxy) is 2. The molecule has 12 heterocycles. The topological polar surface area (TPSA) is 631 Å². The Morgan fingerprint density at radius 3 is 1.55 bits per heavy atom. The second kappa shape index (κ2) is 41.9. The van der Waals surface area contributed by atoms with E-state index in [-0.39, 0.29) is 72.2 Å². The van der Waals surface area contributed by atoms with Crippen molar-refractivity contribution in [3.8, 4) is 5.75 Å². The number of nitrogens with two attached hydrogens (primary N) is 1. The number of hydrogen-bond donors (Lipinski definition) is 7. The number of carbonyl (C=O) groups is 1. The molecular formula is C84H81N25O19S8. The van der Waals surface area contributed by atoms with Crippen molar-refractivity contribution >= 4 is 222 Å². The molecule has 44 nitrogen and oxygen atoms in total. The summed E-state index contributed by atoms with van der Waals surface area (Å²) in [7, 11) is -5.58. The van der Waals surface area contributed by atoms with Gasteiger partial charge in [0.1, 0.15) is 5.75 Å². The molecule has 704 valence electrons. The minimum Gasteiger partial charge on any atom is -0.497 e. The number of aromatic amines is 6. The normalized spacial score (nSPS) is 13.0. The molecule has 12 aromatic heterocycles. The van der Waals surface area contributed by atoms with E-state index in [2.05, 4.69) is 130 Å². The zero-order valence-corrected chi connectivity index (χ0v) is 80.7. The largest absolute Gasteiger partial charge is 0.497 e. The first-order valence-corrected chi connectivity index (χ1v) is 49.1. The Bertz CT molecular complexity index is 8230. The minimum atomic E-state index is -3.81. The third-order valence-electron chi connectivity index (χ3n) is 19.7. The number of para-hydroxylation sites is 2. The lowest BCUT2D eigenvalue weighted by Gasteiger charge is -2.19. The van der Waals surface area contributed by atoms with Gasteiger partial charge in [0.25, 0.3) is 0 Å². The highest BCUT2D eigenvalue weighted by molar-refractivity contribution is 7.90. The fourth-order valence-corrected chi connectivity index (χ4v) is 18.6. The van der Waals surface area contributed by atoms with E-state index in [0.717, 1.165) is 93.7 Å². The zero-order chi connectivity index (χ0) is 97.1. The van der Waals surface area contributed by atoms with E-state index < -0.39 is 59.6 Å². The average molecular weight is 2000 g/mol. The number of nitrogens with one attached hydrogen (secondary N) is 6. The molecule has 136 heavy (non-hydrogen) atoms. The molecule has 0 aliphatic heterocycles. The Hall–Kier alpha value is -14.6. The minimum absolute atomic E-state index is 0.0323. The molecule has 0 bridgehead atoms. The highest BCUT2D eigenvalue weighted by Gasteiger charge is 2.29. The molecule has 19 rings (SSSR count). The number of methoxy groups -OCH3 is 1. The Morgan fingerprint density at radius 1 is 0.471 bits per heavy atom. The van der Waals surface area contributed by atoms with Crippen LogP contribution in [0.4, 0.5) is 64.7 Å². The molecule has 1 fully saturated rings. The van der Waals surface area contributed by atoms with Crippen LogP contribution < -0.4 is 43.6 Å². The van der Waals surface area contributed by atoms with E-state index in [0.29, 0.717) is 82.7 Å². The quantitative estimate of drug-likeness (QED) is 0.0292. The SMILES string of the molecule is CC(C)(C)c1[nH]oc(=O)c1N=Nc1nc2cc(S(N)(=O)=O)ccc2s1.CC(C)(C)c1[nH]oc(=O)c1N=Nc1snc2ccc(S(C)(=O)=O)cc12.CCOC(=O)c1[nH]oc(=O)c1N=Nc1nc2ccc(OC)cc2s1.CCc1[nH]oc(=O)c1N=Nc1nc2c(C)cccc2s1.Cc1ccc2nsc(N=Nc3c(C)[nH]oc3=O)c2c1.O=c1o[nH]c(C2CCCCC2)c1N=Nc1nc2ccccc2s1. The van der Waals surface area contributed by atoms with Gasteiger partial charge in [-0.15, -0.1) is 61.4 Å². The van der Waals surface area contributed by atoms with E-state index in [4.69, 9.17) is 32.7 Å². The first-order valence-electron chi connectivity index (χ1n) is 40.9. The summed E-state index contributed by atoms with van der Waals surface area (Å²) in [6, 6.07) is 34.1. The van der Waals surface area contributed by atoms with Crippen LogP contribution >= 0.6 is 68.4 Å². The molecule has 0 radical (unpaired) electrons. The second-order valence-electron chi connectivity index (χ2n) is 31.6. The van der Waals surface area contributed by atoms with Gasteiger partial charge in [0.05, 0.1) is 104 Å². The van der Waals surface area contributed by atoms with Gasteiger partial charge in [-0.3, -0.25) is 0 Å². The summed E-state index contributed by atoms with van der Waals surface area (Å²) < 4.78 is 96.8. The number of benzene rings is 6. The van der Waals surface area contributed by atoms with Gasteiger partial charge in [-0.1, -0.05) is 149 Å². The maximum Gasteiger partial charge on any atom is 0.385 e. The third-order valence-corrected chi connectivity index (χ3v) is 26.9. The van der Waals surface area contributed by atoms with Gasteiger partial charge < -0.3 is 36.6 Å². The van der Waals surface area contributed by atoms with Gasteiger partial charge in [-0.25, -0.2) is 106 Å². The van der Waals surface area contributed by atoms with Crippen molar-refractivity contribution in [2.24, 2.45) is 66.5 Å². The number of esters is 1. The molecule has 0 saturated heterocycles. The molecule has 0 unspecified atom stereocenters. The number of fused-ring (bicyclic) bond motifs is 6. The summed E-state index contributed by atoms with van der Waals surface area (Å²) >= 11 is 7.69. The van der Waals surface area contributed by atoms with Gasteiger partial charge in [0.2, 0.25) is 36.2 Å². The standard InChI is InChI=1S/C16H16N4O2S.C15H16N4O4S2.C14H15N5O4S2.C14H12N4O5S.C13H12N4O2S.C12H10N4O2S/c21-15-14(13(20-22-15)10-6-2-1-3-7-10)18-19-16-17-11-8-4-5-9-12(11)23-16;1-15(2,3)12-11(14(20)23-18-12)16-17-13-9-7-8(25(4,21)22)5-6-10(9)19-24-13;1-14(2,3)11-10(12(20)23-19-11)17-18-13-16-8-6-7(25(15,21)22)4-5-9(8)24-13;1-3-22-12(19)11-10(13(20)23-18-11)16-17-14-15-8-5-4-7(21-2)6-9(8)24-14;1-3-8-11(12(18)19-17-8)15-16-13-14-10-7(2)5-4-6-9(10)20-13;1-6-3-4-9-8(5-6)11(19-16-9)14-13-10-7(2)15-18-12(10)17/h4-5,8-10,20H,1-3,6-7H2;5-7,18H,1-4H3;4-6,19H,1-3H3,(H2,15,21,22);4-6,18H,3H2,1-2H3;4-6,17H,3H2,1-2H3;3-5,15H,1-2H3. The number of sulfonamides is 1. The van der Waals surface area contributed by atoms with Crippen LogP contribution in [0.5, 0.6) is 5.75 Å². The zero-order valence-electron chi connectivity index (χ0n) is 74.1. The number of hydrogen-bond acceptors (Lipinski definition) is 43. The molecule has 0 atom stereocenters. The van der Waals surface area contributed by atoms with Crippen LogP contribution in [0.1, 0.15) is 143 Å². The monoisotopic (exact) mass is 2000 g/mol. The van der Waals surface area contributed by atoms with Crippen molar-refractivity contribution in [1.29, 1.82) is 0 Å². The van der Waals surface area contributed by atoms with E-state index >= 15 is 0 Å². The number of aromatic nitrogens is 12. The van der Waals surface area contributed by atoms with Crippen molar-refractivity contribution in [2.45, 2.75) is 141 Å². The summed E-state index contributed by atoms with van der Waals surface area (Å²) in [6.45, 7) is 20.8. The number of aryl methyl sites for hydroxylation is 4. The Morgan fingerprint density at radius 2 is 0.956 bits per heavy atom. The number of nitrogens with zero attached hydrogens (tertiary/aromatic N) is 18. The first-order chi connectivity index (χ1) is 64.9. The second-order valence-corrected chi connectivity index (χ2v) is 40.7. The van der Waals surface area contributed by atoms with Crippen LogP contribution in [-0.4, -0.2) is 102 Å². The maximum atomic E-state index is 11.9. The number of azo groups is 6. The van der Waals surface area contributed by atoms with E-state index in [1.165, 1.54) is 100 Å². The number of rotatable bonds is 19. The fraction of sp³-hybridized carbons (Fsp3) is 0.274. The molecule has 6 aromatic carbocycles. The van der Waals surface area contributed by atoms with Crippen molar-refractivity contribution in [3.63, 3.8) is 0 Å². The number of primary sulfonamides is 1. The van der Waals surface area contributed by atoms with Crippen LogP contribution in [0.15, 0.2) is 242 Å². The Kier molecular flexibility index (Phi) is 30.1. The highest BCUT2D eigenvalue weighted by atomic mass is 32.2. The van der Waals surface area contributed by atoms with E-state index in [9.17, 15) is 50.4 Å². The molecule has 1 saturated carbocycles. The van der Waals surface area contributed by atoms with Crippen molar-refractivity contribution in [3.05, 3.63) is 223 Å². The molecule has 18 aromatic rings. The molecule has 1 aliphatic rings. The van der Waals surface area contributed by atoms with Crippen LogP contribution in [0.25, 0.3) is 62.7 Å². The summed E-state index contributed by atoms with van der Waals surface area (Å²) in [5, 5.41) is 72.6. The summed E-state index contributed by atoms with van der Waals surface area (Å²) in [5.41, 5.74) is 5.83. The van der Waals surface area contributed by atoms with Crippen molar-refractivity contribution in [2.75, 3.05) is 20.0 Å². The van der Waals surface area contributed by atoms with E-state index in [1.807, 2.05) is 129 Å². The predicted octanol–water partition coefficient (Wildman–Crippen LogP) is 22.3. The first kappa shape index (κ1) is 97.5. The van der Waals surface area contributed by atoms with Gasteiger partial charge in [-0.05, 0) is 161 Å². The van der Waals surface area contributed by atoms with Gasteiger partial charge >= 0.3 is 39.7 Å². The van der Waals surface area contributed by atoms with Gasteiger partial charge in [0.15, 0.2) is 54.0 Å². The predicted molar refractivity (Wildman–Crippen MR) is 513 cm³/mol. The molecule has 0 spiro atoms.